The molecule has 1 aliphatic carbocycles. The Labute approximate surface area is 63.8 Å². The Morgan fingerprint density at radius 3 is 2.27 bits per heavy atom. The fourth-order valence-corrected chi connectivity index (χ4v) is 1.47. The molecule has 0 radical (unpaired) electrons. The molecule has 2 nitrogen and oxygen atoms in total. The maximum absolute atomic E-state index is 12.6. The van der Waals surface area contributed by atoms with Gasteiger partial charge in [-0.2, -0.15) is 0 Å². The van der Waals surface area contributed by atoms with Crippen LogP contribution in [0.1, 0.15) is 25.7 Å². The molecule has 11 heavy (non-hydrogen) atoms. The van der Waals surface area contributed by atoms with E-state index in [0.29, 0.717) is 0 Å². The van der Waals surface area contributed by atoms with E-state index in [4.69, 9.17) is 5.11 Å². The molecule has 2 N–H and O–H groups in total. The largest absolute Gasteiger partial charge is 0.393 e. The molecule has 0 spiro atoms. The zero-order valence-corrected chi connectivity index (χ0v) is 6.19. The monoisotopic (exact) mass is 166 g/mol. The second-order valence-electron chi connectivity index (χ2n) is 3.27. The van der Waals surface area contributed by atoms with Crippen molar-refractivity contribution in [3.05, 3.63) is 0 Å². The lowest BCUT2D eigenvalue weighted by Crippen LogP contribution is -2.43. The lowest BCUT2D eigenvalue weighted by atomic mass is 9.83. The Morgan fingerprint density at radius 1 is 1.27 bits per heavy atom. The Hall–Kier alpha value is -0.220. The number of halogens is 2. The van der Waals surface area contributed by atoms with Crippen molar-refractivity contribution in [2.75, 3.05) is 6.61 Å². The van der Waals surface area contributed by atoms with Crippen LogP contribution in [0.2, 0.25) is 0 Å². The van der Waals surface area contributed by atoms with E-state index in [1.165, 1.54) is 0 Å². The first-order valence-corrected chi connectivity index (χ1v) is 3.69. The zero-order chi connectivity index (χ0) is 8.54. The van der Waals surface area contributed by atoms with Crippen molar-refractivity contribution in [2.24, 2.45) is 0 Å². The van der Waals surface area contributed by atoms with Crippen molar-refractivity contribution in [1.82, 2.24) is 0 Å². The van der Waals surface area contributed by atoms with E-state index in [9.17, 15) is 13.9 Å². The van der Waals surface area contributed by atoms with Crippen LogP contribution in [-0.2, 0) is 0 Å². The standard InChI is InChI=1S/C7H12F2O2/c8-7(9)3-1-2-6(11,4-7)5-10/h10-11H,1-5H2. The molecule has 0 aromatic rings. The molecule has 1 rings (SSSR count). The number of rotatable bonds is 1. The summed E-state index contributed by atoms with van der Waals surface area (Å²) in [6.45, 7) is -0.567. The molecule has 0 aliphatic heterocycles. The number of alkyl halides is 2. The molecule has 1 fully saturated rings. The van der Waals surface area contributed by atoms with E-state index < -0.39 is 24.6 Å². The normalized spacial score (nSPS) is 37.1. The van der Waals surface area contributed by atoms with Crippen LogP contribution in [0.5, 0.6) is 0 Å². The summed E-state index contributed by atoms with van der Waals surface area (Å²) in [6, 6.07) is 0. The Bertz CT molecular complexity index is 149. The fraction of sp³-hybridized carbons (Fsp3) is 1.00. The first kappa shape index (κ1) is 8.87. The summed E-state index contributed by atoms with van der Waals surface area (Å²) in [4.78, 5) is 0. The summed E-state index contributed by atoms with van der Waals surface area (Å²) < 4.78 is 25.2. The number of hydrogen-bond acceptors (Lipinski definition) is 2. The molecule has 66 valence electrons. The van der Waals surface area contributed by atoms with Gasteiger partial charge in [-0.05, 0) is 12.8 Å². The van der Waals surface area contributed by atoms with Gasteiger partial charge >= 0.3 is 0 Å². The predicted molar refractivity (Wildman–Crippen MR) is 35.5 cm³/mol. The molecule has 0 aromatic carbocycles. The minimum atomic E-state index is -2.80. The topological polar surface area (TPSA) is 40.5 Å². The lowest BCUT2D eigenvalue weighted by molar-refractivity contribution is -0.140. The summed E-state index contributed by atoms with van der Waals surface area (Å²) >= 11 is 0. The Balaban J connectivity index is 2.59. The highest BCUT2D eigenvalue weighted by Gasteiger charge is 2.44. The van der Waals surface area contributed by atoms with Crippen LogP contribution in [0.4, 0.5) is 8.78 Å². The molecular weight excluding hydrogens is 154 g/mol. The third-order valence-corrected chi connectivity index (χ3v) is 2.07. The number of aliphatic hydroxyl groups excluding tert-OH is 1. The maximum atomic E-state index is 12.6. The van der Waals surface area contributed by atoms with Gasteiger partial charge in [-0.3, -0.25) is 0 Å². The summed E-state index contributed by atoms with van der Waals surface area (Å²) in [5, 5.41) is 17.9. The first-order valence-electron chi connectivity index (χ1n) is 3.69. The van der Waals surface area contributed by atoms with Crippen molar-refractivity contribution < 1.29 is 19.0 Å². The van der Waals surface area contributed by atoms with E-state index >= 15 is 0 Å². The van der Waals surface area contributed by atoms with Crippen molar-refractivity contribution in [3.63, 3.8) is 0 Å². The predicted octanol–water partition coefficient (Wildman–Crippen LogP) is 0.919. The quantitative estimate of drug-likeness (QED) is 0.608. The summed E-state index contributed by atoms with van der Waals surface area (Å²) in [7, 11) is 0. The maximum Gasteiger partial charge on any atom is 0.251 e. The molecule has 0 heterocycles. The molecular formula is C7H12F2O2. The fourth-order valence-electron chi connectivity index (χ4n) is 1.47. The van der Waals surface area contributed by atoms with Crippen LogP contribution in [0.3, 0.4) is 0 Å². The van der Waals surface area contributed by atoms with E-state index in [2.05, 4.69) is 0 Å². The van der Waals surface area contributed by atoms with E-state index in [1.807, 2.05) is 0 Å². The SMILES string of the molecule is OCC1(O)CCCC(F)(F)C1. The van der Waals surface area contributed by atoms with Crippen LogP contribution in [0.25, 0.3) is 0 Å². The van der Waals surface area contributed by atoms with E-state index in [0.717, 1.165) is 0 Å². The minimum Gasteiger partial charge on any atom is -0.393 e. The van der Waals surface area contributed by atoms with Crippen molar-refractivity contribution in [2.45, 2.75) is 37.2 Å². The van der Waals surface area contributed by atoms with Gasteiger partial charge in [0, 0.05) is 12.8 Å². The van der Waals surface area contributed by atoms with Gasteiger partial charge in [-0.1, -0.05) is 0 Å². The van der Waals surface area contributed by atoms with E-state index in [1.54, 1.807) is 0 Å². The molecule has 0 saturated heterocycles. The molecule has 1 saturated carbocycles. The average molecular weight is 166 g/mol. The third kappa shape index (κ3) is 2.10. The Kier molecular flexibility index (Phi) is 2.16. The van der Waals surface area contributed by atoms with Crippen LogP contribution in [0, 0.1) is 0 Å². The molecule has 1 atom stereocenters. The van der Waals surface area contributed by atoms with Crippen molar-refractivity contribution >= 4 is 0 Å². The zero-order valence-electron chi connectivity index (χ0n) is 6.19. The average Bonchev–Trinajstić information content (AvgIpc) is 1.85. The Morgan fingerprint density at radius 2 is 1.91 bits per heavy atom. The third-order valence-electron chi connectivity index (χ3n) is 2.07. The molecule has 0 aromatic heterocycles. The number of aliphatic hydroxyl groups is 2. The van der Waals surface area contributed by atoms with Crippen LogP contribution < -0.4 is 0 Å². The van der Waals surface area contributed by atoms with Gasteiger partial charge in [0.2, 0.25) is 0 Å². The van der Waals surface area contributed by atoms with Gasteiger partial charge in [0.1, 0.15) is 0 Å². The number of hydrogen-bond donors (Lipinski definition) is 2. The van der Waals surface area contributed by atoms with Crippen molar-refractivity contribution in [3.8, 4) is 0 Å². The van der Waals surface area contributed by atoms with Gasteiger partial charge in [-0.25, -0.2) is 8.78 Å². The molecule has 0 bridgehead atoms. The smallest absolute Gasteiger partial charge is 0.251 e. The highest BCUT2D eigenvalue weighted by molar-refractivity contribution is 4.89. The molecule has 1 aliphatic rings. The molecule has 4 heteroatoms. The minimum absolute atomic E-state index is 0.171. The highest BCUT2D eigenvalue weighted by atomic mass is 19.3. The first-order chi connectivity index (χ1) is 4.97. The molecule has 1 unspecified atom stereocenters. The second kappa shape index (κ2) is 2.68. The summed E-state index contributed by atoms with van der Waals surface area (Å²) in [5.41, 5.74) is -1.54. The summed E-state index contributed by atoms with van der Waals surface area (Å²) in [5.74, 6) is -2.80. The van der Waals surface area contributed by atoms with Crippen LogP contribution >= 0.6 is 0 Å². The van der Waals surface area contributed by atoms with Gasteiger partial charge in [0.05, 0.1) is 12.2 Å². The van der Waals surface area contributed by atoms with Gasteiger partial charge < -0.3 is 10.2 Å². The summed E-state index contributed by atoms with van der Waals surface area (Å²) in [6.07, 6.45) is -0.213. The lowest BCUT2D eigenvalue weighted by Gasteiger charge is -2.34. The van der Waals surface area contributed by atoms with Crippen LogP contribution in [-0.4, -0.2) is 28.3 Å². The highest BCUT2D eigenvalue weighted by Crippen LogP contribution is 2.38. The van der Waals surface area contributed by atoms with Crippen molar-refractivity contribution in [1.29, 1.82) is 0 Å². The van der Waals surface area contributed by atoms with Gasteiger partial charge in [0.25, 0.3) is 5.92 Å². The van der Waals surface area contributed by atoms with E-state index in [-0.39, 0.29) is 19.3 Å². The second-order valence-corrected chi connectivity index (χ2v) is 3.27. The molecule has 0 amide bonds. The van der Waals surface area contributed by atoms with Gasteiger partial charge in [-0.15, -0.1) is 0 Å². The van der Waals surface area contributed by atoms with Gasteiger partial charge in [0.15, 0.2) is 0 Å². The van der Waals surface area contributed by atoms with Crippen LogP contribution in [0.15, 0.2) is 0 Å².